The van der Waals surface area contributed by atoms with Gasteiger partial charge in [0, 0.05) is 49.1 Å². The first-order valence-electron chi connectivity index (χ1n) is 13.7. The molecule has 0 unspecified atom stereocenters. The SMILES string of the molecule is CC(=O)Nc1cc(-c2ccccn2)c(-c2ccc(C3(N)CCC3)cc2)cn1.COC(=O)N(C)C1CCCCC1. The van der Waals surface area contributed by atoms with Crippen LogP contribution in [0.5, 0.6) is 0 Å². The van der Waals surface area contributed by atoms with Crippen LogP contribution in [0, 0.1) is 0 Å². The Bertz CT molecular complexity index is 1250. The molecule has 0 radical (unpaired) electrons. The molecule has 206 valence electrons. The molecule has 8 nitrogen and oxygen atoms in total. The van der Waals surface area contributed by atoms with Gasteiger partial charge in [-0.05, 0) is 61.4 Å². The minimum Gasteiger partial charge on any atom is -0.453 e. The molecular weight excluding hydrogens is 490 g/mol. The molecule has 3 N–H and O–H groups in total. The van der Waals surface area contributed by atoms with Crippen LogP contribution in [0.15, 0.2) is 60.9 Å². The van der Waals surface area contributed by atoms with Crippen molar-refractivity contribution in [2.45, 2.75) is 69.9 Å². The molecule has 3 aromatic rings. The number of nitrogens with two attached hydrogens (primary N) is 1. The second-order valence-corrected chi connectivity index (χ2v) is 10.5. The number of anilines is 1. The van der Waals surface area contributed by atoms with Gasteiger partial charge in [0.1, 0.15) is 5.82 Å². The van der Waals surface area contributed by atoms with Crippen LogP contribution in [-0.4, -0.2) is 47.1 Å². The van der Waals surface area contributed by atoms with Crippen molar-refractivity contribution in [3.8, 4) is 22.4 Å². The molecule has 0 aliphatic heterocycles. The van der Waals surface area contributed by atoms with Crippen molar-refractivity contribution < 1.29 is 14.3 Å². The number of benzene rings is 1. The summed E-state index contributed by atoms with van der Waals surface area (Å²) in [5.74, 6) is 0.360. The van der Waals surface area contributed by atoms with Gasteiger partial charge >= 0.3 is 6.09 Å². The molecule has 2 aromatic heterocycles. The van der Waals surface area contributed by atoms with Gasteiger partial charge < -0.3 is 20.7 Å². The van der Waals surface area contributed by atoms with Crippen molar-refractivity contribution in [3.05, 3.63) is 66.5 Å². The molecule has 0 saturated heterocycles. The summed E-state index contributed by atoms with van der Waals surface area (Å²) in [6, 6.07) is 16.4. The van der Waals surface area contributed by atoms with E-state index < -0.39 is 0 Å². The van der Waals surface area contributed by atoms with Gasteiger partial charge in [-0.1, -0.05) is 49.6 Å². The fraction of sp³-hybridized carbons (Fsp3) is 0.419. The van der Waals surface area contributed by atoms with Gasteiger partial charge in [-0.25, -0.2) is 9.78 Å². The highest BCUT2D eigenvalue weighted by atomic mass is 16.5. The summed E-state index contributed by atoms with van der Waals surface area (Å²) in [4.78, 5) is 33.1. The van der Waals surface area contributed by atoms with Gasteiger partial charge in [0.25, 0.3) is 0 Å². The van der Waals surface area contributed by atoms with E-state index in [-0.39, 0.29) is 17.5 Å². The third kappa shape index (κ3) is 7.00. The highest BCUT2D eigenvalue weighted by Gasteiger charge is 2.34. The van der Waals surface area contributed by atoms with E-state index in [9.17, 15) is 9.59 Å². The van der Waals surface area contributed by atoms with Gasteiger partial charge in [0.2, 0.25) is 5.91 Å². The number of pyridine rings is 2. The molecule has 2 heterocycles. The van der Waals surface area contributed by atoms with Crippen LogP contribution < -0.4 is 11.1 Å². The number of carbonyl (C=O) groups excluding carboxylic acids is 2. The fourth-order valence-electron chi connectivity index (χ4n) is 5.26. The molecule has 2 saturated carbocycles. The first-order valence-corrected chi connectivity index (χ1v) is 13.7. The summed E-state index contributed by atoms with van der Waals surface area (Å²) in [6.07, 6.45) is 12.7. The molecule has 2 aliphatic carbocycles. The largest absolute Gasteiger partial charge is 0.453 e. The van der Waals surface area contributed by atoms with Gasteiger partial charge in [0.15, 0.2) is 0 Å². The second-order valence-electron chi connectivity index (χ2n) is 10.5. The molecule has 8 heteroatoms. The Labute approximate surface area is 231 Å². The van der Waals surface area contributed by atoms with E-state index in [2.05, 4.69) is 44.3 Å². The van der Waals surface area contributed by atoms with Crippen LogP contribution >= 0.6 is 0 Å². The Morgan fingerprint density at radius 1 is 1.00 bits per heavy atom. The van der Waals surface area contributed by atoms with Gasteiger partial charge in [-0.2, -0.15) is 0 Å². The van der Waals surface area contributed by atoms with E-state index in [4.69, 9.17) is 5.73 Å². The molecule has 2 aliphatic rings. The Morgan fingerprint density at radius 3 is 2.28 bits per heavy atom. The maximum atomic E-state index is 11.4. The quantitative estimate of drug-likeness (QED) is 0.412. The van der Waals surface area contributed by atoms with Crippen molar-refractivity contribution in [3.63, 3.8) is 0 Å². The van der Waals surface area contributed by atoms with E-state index in [1.165, 1.54) is 45.3 Å². The first kappa shape index (κ1) is 28.2. The Kier molecular flexibility index (Phi) is 9.30. The van der Waals surface area contributed by atoms with Crippen LogP contribution in [0.1, 0.15) is 63.9 Å². The van der Waals surface area contributed by atoms with Crippen LogP contribution in [0.4, 0.5) is 10.6 Å². The molecule has 2 amide bonds. The van der Waals surface area contributed by atoms with Crippen molar-refractivity contribution in [1.82, 2.24) is 14.9 Å². The number of aromatic nitrogens is 2. The summed E-state index contributed by atoms with van der Waals surface area (Å²) in [5.41, 5.74) is 11.2. The molecule has 5 rings (SSSR count). The van der Waals surface area contributed by atoms with Crippen LogP contribution in [0.25, 0.3) is 22.4 Å². The number of ether oxygens (including phenoxy) is 1. The maximum Gasteiger partial charge on any atom is 0.409 e. The van der Waals surface area contributed by atoms with Gasteiger partial charge in [0.05, 0.1) is 12.8 Å². The highest BCUT2D eigenvalue weighted by Crippen LogP contribution is 2.40. The summed E-state index contributed by atoms with van der Waals surface area (Å²) in [5, 5.41) is 2.74. The minimum absolute atomic E-state index is 0.152. The third-order valence-corrected chi connectivity index (χ3v) is 7.75. The second kappa shape index (κ2) is 12.8. The number of rotatable bonds is 5. The smallest absolute Gasteiger partial charge is 0.409 e. The average molecular weight is 530 g/mol. The summed E-state index contributed by atoms with van der Waals surface area (Å²) in [7, 11) is 3.25. The fourth-order valence-corrected chi connectivity index (χ4v) is 5.26. The number of methoxy groups -OCH3 is 1. The lowest BCUT2D eigenvalue weighted by molar-refractivity contribution is -0.114. The van der Waals surface area contributed by atoms with E-state index in [0.717, 1.165) is 48.1 Å². The van der Waals surface area contributed by atoms with E-state index in [0.29, 0.717) is 11.9 Å². The highest BCUT2D eigenvalue weighted by molar-refractivity contribution is 5.90. The molecule has 0 atom stereocenters. The van der Waals surface area contributed by atoms with E-state index >= 15 is 0 Å². The van der Waals surface area contributed by atoms with Crippen molar-refractivity contribution >= 4 is 17.8 Å². The van der Waals surface area contributed by atoms with Crippen molar-refractivity contribution in [2.75, 3.05) is 19.5 Å². The van der Waals surface area contributed by atoms with E-state index in [1.807, 2.05) is 31.3 Å². The average Bonchev–Trinajstić information content (AvgIpc) is 2.96. The molecule has 0 spiro atoms. The van der Waals surface area contributed by atoms with Crippen molar-refractivity contribution in [1.29, 1.82) is 0 Å². The molecule has 0 bridgehead atoms. The molecular formula is C31H39N5O3. The zero-order valence-electron chi connectivity index (χ0n) is 23.2. The minimum atomic E-state index is -0.207. The van der Waals surface area contributed by atoms with Crippen molar-refractivity contribution in [2.24, 2.45) is 5.73 Å². The zero-order valence-corrected chi connectivity index (χ0v) is 23.2. The number of nitrogens with zero attached hydrogens (tertiary/aromatic N) is 3. The number of amides is 2. The molecule has 2 fully saturated rings. The van der Waals surface area contributed by atoms with Crippen LogP contribution in [0.2, 0.25) is 0 Å². The number of nitrogens with one attached hydrogen (secondary N) is 1. The molecule has 1 aromatic carbocycles. The number of hydrogen-bond donors (Lipinski definition) is 2. The van der Waals surface area contributed by atoms with Gasteiger partial charge in [-0.15, -0.1) is 0 Å². The predicted octanol–water partition coefficient (Wildman–Crippen LogP) is 6.12. The predicted molar refractivity (Wildman–Crippen MR) is 154 cm³/mol. The first-order chi connectivity index (χ1) is 18.8. The summed E-state index contributed by atoms with van der Waals surface area (Å²) in [6.45, 7) is 1.47. The number of carbonyl (C=O) groups is 2. The Morgan fingerprint density at radius 2 is 1.72 bits per heavy atom. The normalized spacial score (nSPS) is 16.2. The third-order valence-electron chi connectivity index (χ3n) is 7.75. The summed E-state index contributed by atoms with van der Waals surface area (Å²) < 4.78 is 4.65. The zero-order chi connectivity index (χ0) is 27.8. The summed E-state index contributed by atoms with van der Waals surface area (Å²) >= 11 is 0. The van der Waals surface area contributed by atoms with Crippen LogP contribution in [-0.2, 0) is 15.1 Å². The number of hydrogen-bond acceptors (Lipinski definition) is 6. The lowest BCUT2D eigenvalue weighted by Crippen LogP contribution is -2.43. The lowest BCUT2D eigenvalue weighted by atomic mass is 9.72. The van der Waals surface area contributed by atoms with Crippen LogP contribution in [0.3, 0.4) is 0 Å². The Balaban J connectivity index is 0.000000247. The Hall–Kier alpha value is -3.78. The maximum absolute atomic E-state index is 11.4. The molecule has 39 heavy (non-hydrogen) atoms. The lowest BCUT2D eigenvalue weighted by Gasteiger charge is -2.38. The standard InChI is InChI=1S/C22H22N4O.C9H17NO2/c1-15(27)26-21-13-18(20-5-2-3-12-24-20)19(14-25-21)16-6-8-17(9-7-16)22(23)10-4-11-22;1-10(9(11)12-2)8-6-4-3-5-7-8/h2-3,5-9,12-14H,4,10-11,23H2,1H3,(H,25,26,27);8H,3-7H2,1-2H3. The van der Waals surface area contributed by atoms with E-state index in [1.54, 1.807) is 17.3 Å². The monoisotopic (exact) mass is 529 g/mol. The van der Waals surface area contributed by atoms with Gasteiger partial charge in [-0.3, -0.25) is 9.78 Å². The topological polar surface area (TPSA) is 110 Å².